The lowest BCUT2D eigenvalue weighted by molar-refractivity contribution is 0.318. The van der Waals surface area contributed by atoms with Crippen LogP contribution in [0, 0.1) is 0 Å². The predicted molar refractivity (Wildman–Crippen MR) is 86.9 cm³/mol. The van der Waals surface area contributed by atoms with Crippen molar-refractivity contribution in [1.29, 1.82) is 0 Å². The first-order valence-electron chi connectivity index (χ1n) is 6.11. The van der Waals surface area contributed by atoms with Crippen molar-refractivity contribution < 1.29 is 9.47 Å². The maximum Gasteiger partial charge on any atom is 0.129 e. The molecule has 0 saturated carbocycles. The van der Waals surface area contributed by atoms with Gasteiger partial charge in [-0.2, -0.15) is 0 Å². The second kappa shape index (κ2) is 7.77. The van der Waals surface area contributed by atoms with Crippen LogP contribution in [0.5, 0.6) is 17.2 Å². The average Bonchev–Trinajstić information content (AvgIpc) is 2.45. The van der Waals surface area contributed by atoms with Crippen LogP contribution in [-0.2, 0) is 0 Å². The van der Waals surface area contributed by atoms with Crippen LogP contribution in [0.4, 0.5) is 0 Å². The molecule has 2 aromatic carbocycles. The second-order valence-electron chi connectivity index (χ2n) is 4.04. The lowest BCUT2D eigenvalue weighted by atomic mass is 10.3. The van der Waals surface area contributed by atoms with E-state index in [2.05, 4.69) is 15.9 Å². The molecule has 0 N–H and O–H groups in total. The van der Waals surface area contributed by atoms with E-state index in [0.717, 1.165) is 23.2 Å². The van der Waals surface area contributed by atoms with E-state index in [0.29, 0.717) is 22.4 Å². The van der Waals surface area contributed by atoms with Crippen LogP contribution in [0.25, 0.3) is 0 Å². The van der Waals surface area contributed by atoms with E-state index in [4.69, 9.17) is 32.7 Å². The van der Waals surface area contributed by atoms with Gasteiger partial charge in [-0.15, -0.1) is 0 Å². The first kappa shape index (κ1) is 15.5. The Bertz CT molecular complexity index is 558. The lowest BCUT2D eigenvalue weighted by Crippen LogP contribution is -1.97. The molecule has 2 aromatic rings. The molecular formula is C15H13BrCl2O2. The number of hydrogen-bond donors (Lipinski definition) is 0. The number of halogens is 3. The van der Waals surface area contributed by atoms with E-state index in [9.17, 15) is 0 Å². The lowest BCUT2D eigenvalue weighted by Gasteiger charge is -2.08. The fourth-order valence-electron chi connectivity index (χ4n) is 1.52. The molecule has 0 heterocycles. The maximum absolute atomic E-state index is 5.94. The van der Waals surface area contributed by atoms with Gasteiger partial charge in [0, 0.05) is 11.4 Å². The molecule has 0 spiro atoms. The molecule has 106 valence electrons. The van der Waals surface area contributed by atoms with Crippen molar-refractivity contribution in [3.8, 4) is 17.2 Å². The van der Waals surface area contributed by atoms with Gasteiger partial charge in [-0.05, 0) is 42.8 Å². The van der Waals surface area contributed by atoms with Crippen molar-refractivity contribution >= 4 is 39.1 Å². The van der Waals surface area contributed by atoms with Crippen LogP contribution in [0.2, 0.25) is 10.0 Å². The van der Waals surface area contributed by atoms with Crippen LogP contribution in [0.3, 0.4) is 0 Å². The molecule has 0 aromatic heterocycles. The predicted octanol–water partition coefficient (Wildman–Crippen LogP) is 5.95. The van der Waals surface area contributed by atoms with E-state index in [-0.39, 0.29) is 0 Å². The van der Waals surface area contributed by atoms with Crippen LogP contribution < -0.4 is 9.47 Å². The molecule has 0 aliphatic rings. The largest absolute Gasteiger partial charge is 0.494 e. The van der Waals surface area contributed by atoms with Gasteiger partial charge in [-0.3, -0.25) is 0 Å². The highest BCUT2D eigenvalue weighted by Crippen LogP contribution is 2.30. The van der Waals surface area contributed by atoms with E-state index in [1.54, 1.807) is 18.2 Å². The smallest absolute Gasteiger partial charge is 0.129 e. The Morgan fingerprint density at radius 1 is 0.850 bits per heavy atom. The number of benzene rings is 2. The molecule has 2 nitrogen and oxygen atoms in total. The molecule has 0 aliphatic carbocycles. The van der Waals surface area contributed by atoms with E-state index < -0.39 is 0 Å². The van der Waals surface area contributed by atoms with Crippen LogP contribution >= 0.6 is 39.1 Å². The summed E-state index contributed by atoms with van der Waals surface area (Å²) in [5.41, 5.74) is 0. The standard InChI is InChI=1S/C15H13BrCl2O2/c16-8-1-9-19-11-2-4-12(5-3-11)20-13-6-7-14(17)15(18)10-13/h2-7,10H,1,8-9H2. The highest BCUT2D eigenvalue weighted by molar-refractivity contribution is 9.09. The van der Waals surface area contributed by atoms with Crippen LogP contribution in [0.15, 0.2) is 42.5 Å². The molecule has 0 amide bonds. The molecular weight excluding hydrogens is 363 g/mol. The number of hydrogen-bond acceptors (Lipinski definition) is 2. The van der Waals surface area contributed by atoms with E-state index >= 15 is 0 Å². The Morgan fingerprint density at radius 2 is 1.50 bits per heavy atom. The van der Waals surface area contributed by atoms with Crippen molar-refractivity contribution in [2.45, 2.75) is 6.42 Å². The highest BCUT2D eigenvalue weighted by Gasteiger charge is 2.02. The second-order valence-corrected chi connectivity index (χ2v) is 5.65. The summed E-state index contributed by atoms with van der Waals surface area (Å²) >= 11 is 15.2. The van der Waals surface area contributed by atoms with Crippen molar-refractivity contribution in [1.82, 2.24) is 0 Å². The molecule has 2 rings (SSSR count). The van der Waals surface area contributed by atoms with Crippen molar-refractivity contribution in [3.05, 3.63) is 52.5 Å². The zero-order valence-corrected chi connectivity index (χ0v) is 13.7. The minimum atomic E-state index is 0.471. The van der Waals surface area contributed by atoms with Gasteiger partial charge in [-0.25, -0.2) is 0 Å². The third-order valence-corrected chi connectivity index (χ3v) is 3.80. The van der Waals surface area contributed by atoms with Gasteiger partial charge in [0.25, 0.3) is 0 Å². The first-order chi connectivity index (χ1) is 9.69. The zero-order valence-electron chi connectivity index (χ0n) is 10.6. The fourth-order valence-corrected chi connectivity index (χ4v) is 2.04. The average molecular weight is 376 g/mol. The normalized spacial score (nSPS) is 10.3. The summed E-state index contributed by atoms with van der Waals surface area (Å²) in [4.78, 5) is 0. The SMILES string of the molecule is Clc1ccc(Oc2ccc(OCCCBr)cc2)cc1Cl. The van der Waals surface area contributed by atoms with Gasteiger partial charge in [0.15, 0.2) is 0 Å². The fraction of sp³-hybridized carbons (Fsp3) is 0.200. The molecule has 5 heteroatoms. The summed E-state index contributed by atoms with van der Waals surface area (Å²) in [6.45, 7) is 0.693. The summed E-state index contributed by atoms with van der Waals surface area (Å²) in [7, 11) is 0. The Morgan fingerprint density at radius 3 is 2.15 bits per heavy atom. The number of alkyl halides is 1. The monoisotopic (exact) mass is 374 g/mol. The molecule has 0 atom stereocenters. The highest BCUT2D eigenvalue weighted by atomic mass is 79.9. The Balaban J connectivity index is 1.97. The Kier molecular flexibility index (Phi) is 6.02. The quantitative estimate of drug-likeness (QED) is 0.458. The van der Waals surface area contributed by atoms with Gasteiger partial charge in [0.1, 0.15) is 17.2 Å². The molecule has 0 aliphatic heterocycles. The van der Waals surface area contributed by atoms with Gasteiger partial charge in [-0.1, -0.05) is 39.1 Å². The minimum Gasteiger partial charge on any atom is -0.494 e. The minimum absolute atomic E-state index is 0.471. The molecule has 0 radical (unpaired) electrons. The molecule has 0 bridgehead atoms. The molecule has 0 saturated heterocycles. The zero-order chi connectivity index (χ0) is 14.4. The van der Waals surface area contributed by atoms with Gasteiger partial charge in [0.2, 0.25) is 0 Å². The molecule has 20 heavy (non-hydrogen) atoms. The maximum atomic E-state index is 5.94. The third-order valence-electron chi connectivity index (χ3n) is 2.50. The van der Waals surface area contributed by atoms with Gasteiger partial charge >= 0.3 is 0 Å². The number of ether oxygens (including phenoxy) is 2. The Hall–Kier alpha value is -0.900. The third kappa shape index (κ3) is 4.58. The van der Waals surface area contributed by atoms with E-state index in [1.165, 1.54) is 0 Å². The van der Waals surface area contributed by atoms with Gasteiger partial charge in [0.05, 0.1) is 16.7 Å². The molecule has 0 fully saturated rings. The van der Waals surface area contributed by atoms with Crippen molar-refractivity contribution in [2.75, 3.05) is 11.9 Å². The summed E-state index contributed by atoms with van der Waals surface area (Å²) in [6.07, 6.45) is 0.974. The van der Waals surface area contributed by atoms with Gasteiger partial charge < -0.3 is 9.47 Å². The first-order valence-corrected chi connectivity index (χ1v) is 7.98. The molecule has 0 unspecified atom stereocenters. The topological polar surface area (TPSA) is 18.5 Å². The van der Waals surface area contributed by atoms with E-state index in [1.807, 2.05) is 24.3 Å². The van der Waals surface area contributed by atoms with Crippen molar-refractivity contribution in [2.24, 2.45) is 0 Å². The van der Waals surface area contributed by atoms with Crippen molar-refractivity contribution in [3.63, 3.8) is 0 Å². The number of rotatable bonds is 6. The van der Waals surface area contributed by atoms with Crippen LogP contribution in [0.1, 0.15) is 6.42 Å². The Labute approximate surface area is 136 Å². The van der Waals surface area contributed by atoms with Crippen LogP contribution in [-0.4, -0.2) is 11.9 Å². The summed E-state index contributed by atoms with van der Waals surface area (Å²) in [6, 6.07) is 12.6. The summed E-state index contributed by atoms with van der Waals surface area (Å²) in [5, 5.41) is 1.92. The summed E-state index contributed by atoms with van der Waals surface area (Å²) < 4.78 is 11.3. The summed E-state index contributed by atoms with van der Waals surface area (Å²) in [5.74, 6) is 2.19.